The molecule has 1 aliphatic heterocycles. The third kappa shape index (κ3) is 5.09. The molecule has 0 N–H and O–H groups in total. The van der Waals surface area contributed by atoms with Gasteiger partial charge in [-0.05, 0) is 74.0 Å². The molecule has 6 heteroatoms. The van der Waals surface area contributed by atoms with Gasteiger partial charge in [-0.15, -0.1) is 0 Å². The van der Waals surface area contributed by atoms with Crippen molar-refractivity contribution in [3.63, 3.8) is 0 Å². The lowest BCUT2D eigenvalue weighted by molar-refractivity contribution is -0.137. The fraction of sp³-hybridized carbons (Fsp3) is 0.500. The van der Waals surface area contributed by atoms with Crippen molar-refractivity contribution in [2.75, 3.05) is 44.2 Å². The van der Waals surface area contributed by atoms with Crippen molar-refractivity contribution in [3.05, 3.63) is 59.2 Å². The van der Waals surface area contributed by atoms with Gasteiger partial charge in [0.05, 0.1) is 12.2 Å². The first-order chi connectivity index (χ1) is 14.5. The predicted octanol–water partition coefficient (Wildman–Crippen LogP) is 5.18. The van der Waals surface area contributed by atoms with E-state index in [9.17, 15) is 13.2 Å². The van der Waals surface area contributed by atoms with Crippen LogP contribution in [0.3, 0.4) is 0 Å². The van der Waals surface area contributed by atoms with Gasteiger partial charge in [-0.2, -0.15) is 13.2 Å². The van der Waals surface area contributed by atoms with Crippen LogP contribution in [0.4, 0.5) is 18.9 Å². The average Bonchev–Trinajstić information content (AvgIpc) is 3.21. The third-order valence-electron chi connectivity index (χ3n) is 6.13. The second-order valence-corrected chi connectivity index (χ2v) is 8.18. The Labute approximate surface area is 176 Å². The Morgan fingerprint density at radius 3 is 2.43 bits per heavy atom. The number of unbranched alkanes of at least 4 members (excludes halogenated alkanes) is 1. The highest BCUT2D eigenvalue weighted by Gasteiger charge is 2.35. The molecule has 3 nitrogen and oxygen atoms in total. The summed E-state index contributed by atoms with van der Waals surface area (Å²) in [6, 6.07) is 12.3. The van der Waals surface area contributed by atoms with E-state index in [0.717, 1.165) is 44.6 Å². The van der Waals surface area contributed by atoms with Crippen LogP contribution in [0.5, 0.6) is 5.75 Å². The van der Waals surface area contributed by atoms with Gasteiger partial charge in [0.15, 0.2) is 0 Å². The highest BCUT2D eigenvalue weighted by molar-refractivity contribution is 5.55. The molecule has 2 aliphatic rings. The monoisotopic (exact) mass is 418 g/mol. The van der Waals surface area contributed by atoms with E-state index >= 15 is 0 Å². The molecule has 0 aromatic heterocycles. The van der Waals surface area contributed by atoms with E-state index in [4.69, 9.17) is 4.74 Å². The molecule has 4 rings (SSSR count). The molecular formula is C24H29F3N2O. The molecule has 2 aromatic carbocycles. The molecule has 1 heterocycles. The molecule has 30 heavy (non-hydrogen) atoms. The smallest absolute Gasteiger partial charge is 0.418 e. The zero-order valence-electron chi connectivity index (χ0n) is 17.3. The topological polar surface area (TPSA) is 15.7 Å². The quantitative estimate of drug-likeness (QED) is 0.577. The fourth-order valence-corrected chi connectivity index (χ4v) is 4.47. The second kappa shape index (κ2) is 9.29. The predicted molar refractivity (Wildman–Crippen MR) is 113 cm³/mol. The summed E-state index contributed by atoms with van der Waals surface area (Å²) in [5.74, 6) is 0.965. The van der Waals surface area contributed by atoms with Crippen molar-refractivity contribution in [1.29, 1.82) is 0 Å². The minimum absolute atomic E-state index is 0.299. The summed E-state index contributed by atoms with van der Waals surface area (Å²) >= 11 is 0. The Kier molecular flexibility index (Phi) is 6.52. The Bertz CT molecular complexity index is 845. The normalized spacial score (nSPS) is 17.2. The van der Waals surface area contributed by atoms with Crippen LogP contribution < -0.4 is 9.64 Å². The average molecular weight is 419 g/mol. The molecule has 1 saturated heterocycles. The molecule has 0 atom stereocenters. The zero-order chi connectivity index (χ0) is 21.0. The number of rotatable bonds is 7. The molecule has 1 fully saturated rings. The number of ether oxygens (including phenoxy) is 1. The molecule has 2 aromatic rings. The molecule has 0 amide bonds. The summed E-state index contributed by atoms with van der Waals surface area (Å²) in [6.45, 7) is 4.49. The molecule has 0 saturated carbocycles. The van der Waals surface area contributed by atoms with Gasteiger partial charge in [0, 0.05) is 31.9 Å². The number of alkyl halides is 3. The molecular weight excluding hydrogens is 389 g/mol. The summed E-state index contributed by atoms with van der Waals surface area (Å²) in [5, 5.41) is 0. The Morgan fingerprint density at radius 2 is 1.63 bits per heavy atom. The number of halogens is 3. The number of hydrogen-bond donors (Lipinski definition) is 0. The van der Waals surface area contributed by atoms with Gasteiger partial charge < -0.3 is 9.64 Å². The molecule has 0 radical (unpaired) electrons. The van der Waals surface area contributed by atoms with Gasteiger partial charge >= 0.3 is 6.18 Å². The van der Waals surface area contributed by atoms with E-state index in [1.807, 2.05) is 4.90 Å². The number of para-hydroxylation sites is 1. The third-order valence-corrected chi connectivity index (χ3v) is 6.13. The van der Waals surface area contributed by atoms with Crippen molar-refractivity contribution in [3.8, 4) is 5.75 Å². The van der Waals surface area contributed by atoms with E-state index < -0.39 is 11.7 Å². The van der Waals surface area contributed by atoms with Crippen molar-refractivity contribution in [1.82, 2.24) is 4.90 Å². The van der Waals surface area contributed by atoms with E-state index in [1.165, 1.54) is 36.1 Å². The number of benzene rings is 2. The Balaban J connectivity index is 1.17. The summed E-state index contributed by atoms with van der Waals surface area (Å²) in [5.41, 5.74) is 2.64. The summed E-state index contributed by atoms with van der Waals surface area (Å²) in [6.07, 6.45) is 1.29. The van der Waals surface area contributed by atoms with Gasteiger partial charge in [0.2, 0.25) is 0 Å². The maximum atomic E-state index is 13.3. The fourth-order valence-electron chi connectivity index (χ4n) is 4.47. The van der Waals surface area contributed by atoms with Crippen LogP contribution in [-0.2, 0) is 19.0 Å². The number of fused-ring (bicyclic) bond motifs is 1. The van der Waals surface area contributed by atoms with E-state index in [0.29, 0.717) is 25.4 Å². The lowest BCUT2D eigenvalue weighted by Crippen LogP contribution is -2.47. The molecule has 0 bridgehead atoms. The number of anilines is 1. The first kappa shape index (κ1) is 21.0. The summed E-state index contributed by atoms with van der Waals surface area (Å²) < 4.78 is 45.7. The van der Waals surface area contributed by atoms with E-state index in [1.54, 1.807) is 12.1 Å². The number of nitrogens with zero attached hydrogens (tertiary/aromatic N) is 2. The number of hydrogen-bond acceptors (Lipinski definition) is 3. The van der Waals surface area contributed by atoms with Gasteiger partial charge in [0.25, 0.3) is 0 Å². The van der Waals surface area contributed by atoms with Gasteiger partial charge in [-0.3, -0.25) is 4.90 Å². The van der Waals surface area contributed by atoms with Crippen molar-refractivity contribution in [2.24, 2.45) is 0 Å². The van der Waals surface area contributed by atoms with Crippen LogP contribution in [0.15, 0.2) is 42.5 Å². The van der Waals surface area contributed by atoms with Crippen LogP contribution >= 0.6 is 0 Å². The minimum Gasteiger partial charge on any atom is -0.494 e. The molecule has 162 valence electrons. The zero-order valence-corrected chi connectivity index (χ0v) is 17.3. The number of aryl methyl sites for hydroxylation is 2. The van der Waals surface area contributed by atoms with Crippen LogP contribution in [0.2, 0.25) is 0 Å². The van der Waals surface area contributed by atoms with Crippen LogP contribution in [0, 0.1) is 0 Å². The lowest BCUT2D eigenvalue weighted by Gasteiger charge is -2.37. The van der Waals surface area contributed by atoms with Crippen LogP contribution in [-0.4, -0.2) is 44.2 Å². The van der Waals surface area contributed by atoms with Crippen molar-refractivity contribution >= 4 is 5.69 Å². The summed E-state index contributed by atoms with van der Waals surface area (Å²) in [4.78, 5) is 4.19. The largest absolute Gasteiger partial charge is 0.494 e. The van der Waals surface area contributed by atoms with Crippen LogP contribution in [0.1, 0.15) is 36.0 Å². The maximum Gasteiger partial charge on any atom is 0.418 e. The minimum atomic E-state index is -4.31. The molecule has 0 unspecified atom stereocenters. The molecule has 1 aliphatic carbocycles. The van der Waals surface area contributed by atoms with Crippen LogP contribution in [0.25, 0.3) is 0 Å². The standard InChI is InChI=1S/C24H29F3N2O/c25-24(26,27)22-8-1-2-9-23(22)29-15-13-28(14-16-29)12-3-4-17-30-21-11-10-19-6-5-7-20(19)18-21/h1-2,8-11,18H,3-7,12-17H2. The summed E-state index contributed by atoms with van der Waals surface area (Å²) in [7, 11) is 0. The van der Waals surface area contributed by atoms with Crippen molar-refractivity contribution < 1.29 is 17.9 Å². The van der Waals surface area contributed by atoms with Gasteiger partial charge in [-0.25, -0.2) is 0 Å². The molecule has 0 spiro atoms. The highest BCUT2D eigenvalue weighted by Crippen LogP contribution is 2.36. The highest BCUT2D eigenvalue weighted by atomic mass is 19.4. The number of piperazine rings is 1. The van der Waals surface area contributed by atoms with E-state index in [-0.39, 0.29) is 0 Å². The Morgan fingerprint density at radius 1 is 0.867 bits per heavy atom. The van der Waals surface area contributed by atoms with Crippen molar-refractivity contribution in [2.45, 2.75) is 38.3 Å². The SMILES string of the molecule is FC(F)(F)c1ccccc1N1CCN(CCCCOc2ccc3c(c2)CCC3)CC1. The first-order valence-electron chi connectivity index (χ1n) is 10.9. The second-order valence-electron chi connectivity index (χ2n) is 8.18. The van der Waals surface area contributed by atoms with Gasteiger partial charge in [-0.1, -0.05) is 18.2 Å². The van der Waals surface area contributed by atoms with Gasteiger partial charge in [0.1, 0.15) is 5.75 Å². The first-order valence-corrected chi connectivity index (χ1v) is 10.9. The lowest BCUT2D eigenvalue weighted by atomic mass is 10.1. The van der Waals surface area contributed by atoms with E-state index in [2.05, 4.69) is 23.1 Å². The Hall–Kier alpha value is -2.21. The maximum absolute atomic E-state index is 13.3.